The standard InChI is InChI=1S/C22H20N4O3/c1-15(26-21(28)18-5-2-3-6-19(18)22(26)29)20(27)23-13-11-16-7-9-17(10-8-16)25-14-4-12-24-25/h2-10,12,14-15H,11,13H2,1H3,(H,23,27). The van der Waals surface area contributed by atoms with Crippen molar-refractivity contribution in [2.75, 3.05) is 6.54 Å². The molecule has 0 bridgehead atoms. The van der Waals surface area contributed by atoms with Crippen LogP contribution in [0.1, 0.15) is 33.2 Å². The minimum absolute atomic E-state index is 0.342. The number of fused-ring (bicyclic) bond motifs is 1. The molecule has 0 saturated carbocycles. The molecule has 1 atom stereocenters. The van der Waals surface area contributed by atoms with Gasteiger partial charge >= 0.3 is 0 Å². The highest BCUT2D eigenvalue weighted by Crippen LogP contribution is 2.24. The smallest absolute Gasteiger partial charge is 0.262 e. The number of hydrogen-bond acceptors (Lipinski definition) is 4. The molecule has 7 heteroatoms. The normalized spacial score (nSPS) is 14.0. The molecule has 2 heterocycles. The quantitative estimate of drug-likeness (QED) is 0.656. The van der Waals surface area contributed by atoms with E-state index in [0.717, 1.165) is 16.2 Å². The van der Waals surface area contributed by atoms with Crippen molar-refractivity contribution in [1.82, 2.24) is 20.0 Å². The molecule has 29 heavy (non-hydrogen) atoms. The summed E-state index contributed by atoms with van der Waals surface area (Å²) in [6, 6.07) is 15.5. The molecule has 0 aliphatic carbocycles. The number of rotatable bonds is 6. The molecule has 146 valence electrons. The van der Waals surface area contributed by atoms with E-state index in [2.05, 4.69) is 10.4 Å². The molecule has 0 radical (unpaired) electrons. The van der Waals surface area contributed by atoms with E-state index in [0.29, 0.717) is 24.1 Å². The Hall–Kier alpha value is -3.74. The van der Waals surface area contributed by atoms with Crippen LogP contribution in [0.5, 0.6) is 0 Å². The van der Waals surface area contributed by atoms with Crippen LogP contribution < -0.4 is 5.32 Å². The second kappa shape index (κ2) is 7.71. The van der Waals surface area contributed by atoms with Gasteiger partial charge in [-0.2, -0.15) is 5.10 Å². The van der Waals surface area contributed by atoms with Gasteiger partial charge in [-0.15, -0.1) is 0 Å². The minimum atomic E-state index is -0.871. The van der Waals surface area contributed by atoms with Gasteiger partial charge in [0.2, 0.25) is 5.91 Å². The predicted octanol–water partition coefficient (Wildman–Crippen LogP) is 2.22. The Morgan fingerprint density at radius 3 is 2.24 bits per heavy atom. The zero-order chi connectivity index (χ0) is 20.4. The van der Waals surface area contributed by atoms with E-state index in [9.17, 15) is 14.4 Å². The number of nitrogens with one attached hydrogen (secondary N) is 1. The van der Waals surface area contributed by atoms with Gasteiger partial charge in [0, 0.05) is 18.9 Å². The van der Waals surface area contributed by atoms with Crippen molar-refractivity contribution in [3.63, 3.8) is 0 Å². The van der Waals surface area contributed by atoms with E-state index in [1.165, 1.54) is 0 Å². The lowest BCUT2D eigenvalue weighted by atomic mass is 10.1. The number of carbonyl (C=O) groups is 3. The van der Waals surface area contributed by atoms with E-state index in [-0.39, 0.29) is 5.91 Å². The van der Waals surface area contributed by atoms with Crippen LogP contribution in [0.4, 0.5) is 0 Å². The fraction of sp³-hybridized carbons (Fsp3) is 0.182. The molecule has 1 aromatic heterocycles. The summed E-state index contributed by atoms with van der Waals surface area (Å²) in [6.45, 7) is 1.98. The van der Waals surface area contributed by atoms with Crippen molar-refractivity contribution in [2.45, 2.75) is 19.4 Å². The molecule has 3 aromatic rings. The van der Waals surface area contributed by atoms with Crippen LogP contribution in [0, 0.1) is 0 Å². The third-order valence-electron chi connectivity index (χ3n) is 5.01. The van der Waals surface area contributed by atoms with E-state index in [1.807, 2.05) is 36.5 Å². The van der Waals surface area contributed by atoms with Crippen molar-refractivity contribution >= 4 is 17.7 Å². The van der Waals surface area contributed by atoms with E-state index >= 15 is 0 Å². The third kappa shape index (κ3) is 3.54. The lowest BCUT2D eigenvalue weighted by Gasteiger charge is -2.21. The summed E-state index contributed by atoms with van der Waals surface area (Å²) in [4.78, 5) is 38.5. The number of aromatic nitrogens is 2. The molecule has 1 aliphatic heterocycles. The molecule has 0 saturated heterocycles. The maximum atomic E-state index is 12.5. The van der Waals surface area contributed by atoms with Gasteiger partial charge in [0.1, 0.15) is 6.04 Å². The van der Waals surface area contributed by atoms with Crippen LogP contribution in [0.15, 0.2) is 67.0 Å². The SMILES string of the molecule is CC(C(=O)NCCc1ccc(-n2cccn2)cc1)N1C(=O)c2ccccc2C1=O. The average molecular weight is 388 g/mol. The minimum Gasteiger partial charge on any atom is -0.354 e. The van der Waals surface area contributed by atoms with Crippen LogP contribution >= 0.6 is 0 Å². The Bertz CT molecular complexity index is 1020. The Labute approximate surface area is 167 Å². The van der Waals surface area contributed by atoms with Crippen LogP contribution in [0.2, 0.25) is 0 Å². The Balaban J connectivity index is 1.33. The summed E-state index contributed by atoms with van der Waals surface area (Å²) in [5, 5.41) is 7.00. The first kappa shape index (κ1) is 18.6. The average Bonchev–Trinajstić information content (AvgIpc) is 3.36. The summed E-state index contributed by atoms with van der Waals surface area (Å²) in [5.41, 5.74) is 2.71. The second-order valence-corrected chi connectivity index (χ2v) is 6.86. The van der Waals surface area contributed by atoms with Gasteiger partial charge in [0.05, 0.1) is 16.8 Å². The highest BCUT2D eigenvalue weighted by molar-refractivity contribution is 6.22. The topological polar surface area (TPSA) is 84.3 Å². The number of imide groups is 1. The summed E-state index contributed by atoms with van der Waals surface area (Å²) >= 11 is 0. The molecule has 1 aliphatic rings. The summed E-state index contributed by atoms with van der Waals surface area (Å²) in [6.07, 6.45) is 4.23. The molecular weight excluding hydrogens is 368 g/mol. The van der Waals surface area contributed by atoms with Gasteiger partial charge in [0.25, 0.3) is 11.8 Å². The zero-order valence-corrected chi connectivity index (χ0v) is 15.9. The van der Waals surface area contributed by atoms with Crippen LogP contribution in [-0.2, 0) is 11.2 Å². The van der Waals surface area contributed by atoms with E-state index in [4.69, 9.17) is 0 Å². The van der Waals surface area contributed by atoms with Gasteiger partial charge < -0.3 is 5.32 Å². The Morgan fingerprint density at radius 2 is 1.66 bits per heavy atom. The molecule has 0 spiro atoms. The Morgan fingerprint density at radius 1 is 1.00 bits per heavy atom. The first-order chi connectivity index (χ1) is 14.1. The van der Waals surface area contributed by atoms with Crippen molar-refractivity contribution in [3.05, 3.63) is 83.7 Å². The largest absolute Gasteiger partial charge is 0.354 e. The number of nitrogens with zero attached hydrogens (tertiary/aromatic N) is 3. The van der Waals surface area contributed by atoms with Crippen LogP contribution in [-0.4, -0.2) is 45.0 Å². The number of carbonyl (C=O) groups excluding carboxylic acids is 3. The van der Waals surface area contributed by atoms with Gasteiger partial charge in [-0.3, -0.25) is 19.3 Å². The number of hydrogen-bond donors (Lipinski definition) is 1. The number of amides is 3. The van der Waals surface area contributed by atoms with Crippen molar-refractivity contribution in [2.24, 2.45) is 0 Å². The van der Waals surface area contributed by atoms with Gasteiger partial charge in [-0.05, 0) is 49.2 Å². The maximum absolute atomic E-state index is 12.5. The fourth-order valence-corrected chi connectivity index (χ4v) is 3.39. The van der Waals surface area contributed by atoms with Crippen molar-refractivity contribution in [1.29, 1.82) is 0 Å². The van der Waals surface area contributed by atoms with Crippen molar-refractivity contribution < 1.29 is 14.4 Å². The lowest BCUT2D eigenvalue weighted by molar-refractivity contribution is -0.124. The predicted molar refractivity (Wildman–Crippen MR) is 107 cm³/mol. The summed E-state index contributed by atoms with van der Waals surface area (Å²) in [7, 11) is 0. The third-order valence-corrected chi connectivity index (χ3v) is 5.01. The maximum Gasteiger partial charge on any atom is 0.262 e. The summed E-state index contributed by atoms with van der Waals surface area (Å²) < 4.78 is 1.77. The fourth-order valence-electron chi connectivity index (χ4n) is 3.39. The van der Waals surface area contributed by atoms with Gasteiger partial charge in [-0.1, -0.05) is 24.3 Å². The second-order valence-electron chi connectivity index (χ2n) is 6.86. The highest BCUT2D eigenvalue weighted by Gasteiger charge is 2.40. The molecule has 3 amide bonds. The molecular formula is C22H20N4O3. The van der Waals surface area contributed by atoms with Gasteiger partial charge in [0.15, 0.2) is 0 Å². The van der Waals surface area contributed by atoms with Crippen LogP contribution in [0.3, 0.4) is 0 Å². The zero-order valence-electron chi connectivity index (χ0n) is 15.9. The molecule has 1 unspecified atom stereocenters. The molecule has 2 aromatic carbocycles. The monoisotopic (exact) mass is 388 g/mol. The molecule has 7 nitrogen and oxygen atoms in total. The molecule has 1 N–H and O–H groups in total. The van der Waals surface area contributed by atoms with E-state index in [1.54, 1.807) is 42.1 Å². The summed E-state index contributed by atoms with van der Waals surface area (Å²) in [5.74, 6) is -1.21. The molecule has 4 rings (SSSR count). The molecule has 0 fully saturated rings. The lowest BCUT2D eigenvalue weighted by Crippen LogP contribution is -2.48. The first-order valence-corrected chi connectivity index (χ1v) is 9.40. The van der Waals surface area contributed by atoms with Crippen molar-refractivity contribution in [3.8, 4) is 5.69 Å². The van der Waals surface area contributed by atoms with Gasteiger partial charge in [-0.25, -0.2) is 4.68 Å². The Kier molecular flexibility index (Phi) is 4.95. The van der Waals surface area contributed by atoms with Crippen LogP contribution in [0.25, 0.3) is 5.69 Å². The highest BCUT2D eigenvalue weighted by atomic mass is 16.2. The number of benzene rings is 2. The first-order valence-electron chi connectivity index (χ1n) is 9.40. The van der Waals surface area contributed by atoms with E-state index < -0.39 is 17.9 Å².